The van der Waals surface area contributed by atoms with Crippen molar-refractivity contribution in [3.8, 4) is 17.2 Å². The Morgan fingerprint density at radius 3 is 2.23 bits per heavy atom. The molecule has 0 radical (unpaired) electrons. The number of carbonyl (C=O) groups excluding carboxylic acids is 1. The van der Waals surface area contributed by atoms with Crippen LogP contribution in [0.4, 0.5) is 0 Å². The van der Waals surface area contributed by atoms with Crippen molar-refractivity contribution in [3.63, 3.8) is 0 Å². The van der Waals surface area contributed by atoms with E-state index in [1.165, 1.54) is 0 Å². The van der Waals surface area contributed by atoms with Crippen molar-refractivity contribution >= 4 is 13.5 Å². The third-order valence-corrected chi connectivity index (χ3v) is 8.27. The molecule has 3 rings (SSSR count). The number of benzene rings is 3. The van der Waals surface area contributed by atoms with Gasteiger partial charge in [-0.1, -0.05) is 44.2 Å². The average molecular weight is 554 g/mol. The van der Waals surface area contributed by atoms with E-state index >= 15 is 0 Å². The molecule has 210 valence electrons. The molecule has 3 aromatic carbocycles. The summed E-state index contributed by atoms with van der Waals surface area (Å²) in [4.78, 5) is 12.5. The SMILES string of the molecule is CCOC(=O)C(C)(C)NP(=O)(COc1cc(C)c(Cc2ccc(O)c(C(C)C)c2)c(C)c1)Oc1ccccc1. The number of phenols is 1. The molecular formula is C31H40NO6P. The Kier molecular flexibility index (Phi) is 9.87. The van der Waals surface area contributed by atoms with Crippen LogP contribution in [0, 0.1) is 13.8 Å². The summed E-state index contributed by atoms with van der Waals surface area (Å²) >= 11 is 0. The molecule has 0 aliphatic rings. The smallest absolute Gasteiger partial charge is 0.354 e. The third-order valence-electron chi connectivity index (χ3n) is 6.40. The molecule has 1 unspecified atom stereocenters. The van der Waals surface area contributed by atoms with Crippen molar-refractivity contribution < 1.29 is 28.5 Å². The second-order valence-corrected chi connectivity index (χ2v) is 12.6. The molecule has 0 aliphatic heterocycles. The van der Waals surface area contributed by atoms with E-state index in [0.29, 0.717) is 23.7 Å². The largest absolute Gasteiger partial charge is 0.508 e. The van der Waals surface area contributed by atoms with Gasteiger partial charge >= 0.3 is 13.5 Å². The van der Waals surface area contributed by atoms with E-state index in [1.54, 1.807) is 51.1 Å². The molecule has 0 bridgehead atoms. The predicted octanol–water partition coefficient (Wildman–Crippen LogP) is 7.26. The summed E-state index contributed by atoms with van der Waals surface area (Å²) < 4.78 is 31.0. The molecule has 0 fully saturated rings. The van der Waals surface area contributed by atoms with E-state index in [4.69, 9.17) is 14.0 Å². The first-order chi connectivity index (χ1) is 18.3. The van der Waals surface area contributed by atoms with Gasteiger partial charge in [0.1, 0.15) is 22.8 Å². The Bertz CT molecular complexity index is 1310. The van der Waals surface area contributed by atoms with Crippen LogP contribution in [0.15, 0.2) is 60.7 Å². The Labute approximate surface area is 232 Å². The van der Waals surface area contributed by atoms with E-state index in [1.807, 2.05) is 38.1 Å². The zero-order valence-corrected chi connectivity index (χ0v) is 24.8. The average Bonchev–Trinajstić information content (AvgIpc) is 2.86. The lowest BCUT2D eigenvalue weighted by atomic mass is 9.93. The molecule has 8 heteroatoms. The third kappa shape index (κ3) is 8.11. The minimum absolute atomic E-state index is 0.206. The van der Waals surface area contributed by atoms with Gasteiger partial charge in [0.25, 0.3) is 0 Å². The fourth-order valence-electron chi connectivity index (χ4n) is 4.37. The number of hydrogen-bond donors (Lipinski definition) is 2. The molecule has 0 aliphatic carbocycles. The highest BCUT2D eigenvalue weighted by molar-refractivity contribution is 7.57. The molecule has 0 aromatic heterocycles. The Morgan fingerprint density at radius 2 is 1.64 bits per heavy atom. The van der Waals surface area contributed by atoms with Crippen LogP contribution < -0.4 is 14.3 Å². The fraction of sp³-hybridized carbons (Fsp3) is 0.387. The number of ether oxygens (including phenoxy) is 2. The van der Waals surface area contributed by atoms with Gasteiger partial charge in [0, 0.05) is 0 Å². The van der Waals surface area contributed by atoms with Crippen LogP contribution in [0.25, 0.3) is 0 Å². The number of carbonyl (C=O) groups is 1. The van der Waals surface area contributed by atoms with Crippen LogP contribution in [-0.4, -0.2) is 29.6 Å². The standard InChI is InChI=1S/C31H40NO6P/c1-8-36-30(34)31(6,7)32-39(35,38-25-12-10-9-11-13-25)20-37-26-16-22(4)28(23(5)17-26)19-24-14-15-29(33)27(18-24)21(2)3/h9-18,21,33H,8,19-20H2,1-7H3,(H,32,35). The van der Waals surface area contributed by atoms with Gasteiger partial charge in [-0.3, -0.25) is 9.36 Å². The molecule has 0 saturated heterocycles. The quantitative estimate of drug-likeness (QED) is 0.180. The Hall–Kier alpha value is -3.28. The van der Waals surface area contributed by atoms with Crippen molar-refractivity contribution in [2.24, 2.45) is 0 Å². The van der Waals surface area contributed by atoms with E-state index in [9.17, 15) is 14.5 Å². The van der Waals surface area contributed by atoms with Crippen molar-refractivity contribution in [1.82, 2.24) is 5.09 Å². The summed E-state index contributed by atoms with van der Waals surface area (Å²) in [7, 11) is -3.72. The molecule has 0 amide bonds. The van der Waals surface area contributed by atoms with Crippen LogP contribution in [0.3, 0.4) is 0 Å². The Morgan fingerprint density at radius 1 is 1.00 bits per heavy atom. The second-order valence-electron chi connectivity index (χ2n) is 10.6. The van der Waals surface area contributed by atoms with Crippen LogP contribution in [-0.2, 0) is 20.5 Å². The van der Waals surface area contributed by atoms with Gasteiger partial charge in [0.2, 0.25) is 0 Å². The maximum Gasteiger partial charge on any atom is 0.354 e. The number of aromatic hydroxyl groups is 1. The zero-order valence-electron chi connectivity index (χ0n) is 23.9. The summed E-state index contributed by atoms with van der Waals surface area (Å²) in [5.41, 5.74) is 3.99. The minimum Gasteiger partial charge on any atom is -0.508 e. The summed E-state index contributed by atoms with van der Waals surface area (Å²) in [5, 5.41) is 13.1. The van der Waals surface area contributed by atoms with Crippen molar-refractivity contribution in [2.75, 3.05) is 13.0 Å². The van der Waals surface area contributed by atoms with Gasteiger partial charge in [-0.15, -0.1) is 0 Å². The highest BCUT2D eigenvalue weighted by Gasteiger charge is 2.39. The second kappa shape index (κ2) is 12.7. The van der Waals surface area contributed by atoms with Gasteiger partial charge in [-0.2, -0.15) is 0 Å². The minimum atomic E-state index is -3.72. The fourth-order valence-corrected chi connectivity index (χ4v) is 6.26. The van der Waals surface area contributed by atoms with E-state index < -0.39 is 19.0 Å². The molecule has 39 heavy (non-hydrogen) atoms. The van der Waals surface area contributed by atoms with Gasteiger partial charge in [0.15, 0.2) is 6.35 Å². The molecule has 0 heterocycles. The molecule has 7 nitrogen and oxygen atoms in total. The van der Waals surface area contributed by atoms with E-state index in [2.05, 4.69) is 25.0 Å². The lowest BCUT2D eigenvalue weighted by Crippen LogP contribution is -2.47. The maximum atomic E-state index is 14.0. The van der Waals surface area contributed by atoms with Crippen LogP contribution >= 0.6 is 7.52 Å². The van der Waals surface area contributed by atoms with Gasteiger partial charge in [-0.25, -0.2) is 5.09 Å². The van der Waals surface area contributed by atoms with Crippen molar-refractivity contribution in [3.05, 3.63) is 88.5 Å². The van der Waals surface area contributed by atoms with Gasteiger partial charge in [0.05, 0.1) is 6.61 Å². The number of para-hydroxylation sites is 1. The summed E-state index contributed by atoms with van der Waals surface area (Å²) in [6, 6.07) is 18.4. The van der Waals surface area contributed by atoms with Crippen LogP contribution in [0.1, 0.15) is 68.4 Å². The highest BCUT2D eigenvalue weighted by atomic mass is 31.2. The summed E-state index contributed by atoms with van der Waals surface area (Å²) in [5.74, 6) is 0.948. The summed E-state index contributed by atoms with van der Waals surface area (Å²) in [6.07, 6.45) is 0.418. The summed E-state index contributed by atoms with van der Waals surface area (Å²) in [6.45, 7) is 13.3. The normalized spacial score (nSPS) is 13.1. The topological polar surface area (TPSA) is 94.1 Å². The van der Waals surface area contributed by atoms with Crippen molar-refractivity contribution in [1.29, 1.82) is 0 Å². The number of aryl methyl sites for hydroxylation is 2. The van der Waals surface area contributed by atoms with E-state index in [0.717, 1.165) is 27.8 Å². The van der Waals surface area contributed by atoms with Crippen LogP contribution in [0.2, 0.25) is 0 Å². The van der Waals surface area contributed by atoms with Crippen molar-refractivity contribution in [2.45, 2.75) is 66.3 Å². The first-order valence-corrected chi connectivity index (χ1v) is 15.0. The lowest BCUT2D eigenvalue weighted by molar-refractivity contribution is -0.149. The monoisotopic (exact) mass is 553 g/mol. The van der Waals surface area contributed by atoms with Crippen LogP contribution in [0.5, 0.6) is 17.2 Å². The molecule has 0 saturated carbocycles. The highest BCUT2D eigenvalue weighted by Crippen LogP contribution is 2.45. The molecule has 3 aromatic rings. The number of esters is 1. The first kappa shape index (κ1) is 30.3. The first-order valence-electron chi connectivity index (χ1n) is 13.2. The van der Waals surface area contributed by atoms with Gasteiger partial charge in [-0.05, 0) is 105 Å². The van der Waals surface area contributed by atoms with E-state index in [-0.39, 0.29) is 18.9 Å². The Balaban J connectivity index is 1.82. The maximum absolute atomic E-state index is 14.0. The lowest BCUT2D eigenvalue weighted by Gasteiger charge is -2.29. The predicted molar refractivity (Wildman–Crippen MR) is 155 cm³/mol. The number of rotatable bonds is 12. The molecule has 1 atom stereocenters. The number of phenolic OH excluding ortho intramolecular Hbond substituents is 1. The molecule has 0 spiro atoms. The molecule has 2 N–H and O–H groups in total. The number of hydrogen-bond acceptors (Lipinski definition) is 6. The van der Waals surface area contributed by atoms with Gasteiger partial charge < -0.3 is 19.1 Å². The number of nitrogens with one attached hydrogen (secondary N) is 1. The molecular weight excluding hydrogens is 513 g/mol. The zero-order chi connectivity index (χ0) is 28.8.